The first-order valence-electron chi connectivity index (χ1n) is 7.58. The Labute approximate surface area is 127 Å². The zero-order valence-electron chi connectivity index (χ0n) is 13.4. The zero-order valence-corrected chi connectivity index (χ0v) is 14.2. The van der Waals surface area contributed by atoms with Gasteiger partial charge in [0.25, 0.3) is 0 Å². The van der Waals surface area contributed by atoms with Crippen molar-refractivity contribution in [3.8, 4) is 0 Å². The molecule has 0 heterocycles. The summed E-state index contributed by atoms with van der Waals surface area (Å²) in [6.07, 6.45) is 7.57. The Morgan fingerprint density at radius 3 is 2.50 bits per heavy atom. The number of carbonyl (C=O) groups is 1. The minimum Gasteiger partial charge on any atom is -0.444 e. The van der Waals surface area contributed by atoms with Gasteiger partial charge in [0.15, 0.2) is 0 Å². The van der Waals surface area contributed by atoms with Crippen LogP contribution in [-0.2, 0) is 4.74 Å². The van der Waals surface area contributed by atoms with Crippen LogP contribution in [0.3, 0.4) is 0 Å². The maximum absolute atomic E-state index is 11.9. The van der Waals surface area contributed by atoms with E-state index in [4.69, 9.17) is 4.74 Å². The molecule has 0 aromatic heterocycles. The Kier molecular flexibility index (Phi) is 7.17. The molecule has 118 valence electrons. The van der Waals surface area contributed by atoms with E-state index in [1.54, 1.807) is 0 Å². The molecule has 1 saturated carbocycles. The van der Waals surface area contributed by atoms with Crippen LogP contribution < -0.4 is 10.6 Å². The third-order valence-electron chi connectivity index (χ3n) is 3.49. The quantitative estimate of drug-likeness (QED) is 0.676. The van der Waals surface area contributed by atoms with Crippen molar-refractivity contribution in [3.63, 3.8) is 0 Å². The van der Waals surface area contributed by atoms with Crippen molar-refractivity contribution in [1.82, 2.24) is 10.6 Å². The van der Waals surface area contributed by atoms with Crippen LogP contribution in [0.5, 0.6) is 0 Å². The van der Waals surface area contributed by atoms with Gasteiger partial charge in [0.1, 0.15) is 5.60 Å². The van der Waals surface area contributed by atoms with E-state index in [0.717, 1.165) is 25.9 Å². The summed E-state index contributed by atoms with van der Waals surface area (Å²) < 4.78 is 5.35. The molecule has 1 fully saturated rings. The van der Waals surface area contributed by atoms with Crippen LogP contribution in [-0.4, -0.2) is 42.3 Å². The number of thioether (sulfide) groups is 1. The monoisotopic (exact) mass is 302 g/mol. The van der Waals surface area contributed by atoms with Gasteiger partial charge in [-0.05, 0) is 71.4 Å². The third-order valence-corrected chi connectivity index (χ3v) is 4.19. The van der Waals surface area contributed by atoms with Crippen LogP contribution in [0.1, 0.15) is 52.9 Å². The summed E-state index contributed by atoms with van der Waals surface area (Å²) in [7, 11) is 0. The number of amides is 1. The van der Waals surface area contributed by atoms with Crippen LogP contribution in [0.2, 0.25) is 0 Å². The van der Waals surface area contributed by atoms with Crippen LogP contribution in [0.25, 0.3) is 0 Å². The lowest BCUT2D eigenvalue weighted by molar-refractivity contribution is 0.0383. The highest BCUT2D eigenvalue weighted by molar-refractivity contribution is 7.98. The van der Waals surface area contributed by atoms with Crippen molar-refractivity contribution >= 4 is 17.9 Å². The second-order valence-corrected chi connectivity index (χ2v) is 7.62. The van der Waals surface area contributed by atoms with Crippen molar-refractivity contribution in [2.45, 2.75) is 64.0 Å². The molecule has 5 heteroatoms. The maximum atomic E-state index is 11.9. The number of hydrogen-bond acceptors (Lipinski definition) is 4. The van der Waals surface area contributed by atoms with Gasteiger partial charge in [-0.1, -0.05) is 0 Å². The first-order valence-corrected chi connectivity index (χ1v) is 8.97. The van der Waals surface area contributed by atoms with E-state index in [-0.39, 0.29) is 11.6 Å². The maximum Gasteiger partial charge on any atom is 0.408 e. The van der Waals surface area contributed by atoms with Gasteiger partial charge in [0.2, 0.25) is 0 Å². The highest BCUT2D eigenvalue weighted by Gasteiger charge is 2.39. The fraction of sp³-hybridized carbons (Fsp3) is 0.933. The Hall–Kier alpha value is -0.420. The molecule has 4 nitrogen and oxygen atoms in total. The van der Waals surface area contributed by atoms with Crippen LogP contribution in [0.4, 0.5) is 4.79 Å². The van der Waals surface area contributed by atoms with E-state index in [1.807, 2.05) is 32.5 Å². The number of carbonyl (C=O) groups excluding carboxylic acids is 1. The molecule has 0 saturated heterocycles. The molecule has 1 rings (SSSR count). The van der Waals surface area contributed by atoms with Crippen LogP contribution in [0.15, 0.2) is 0 Å². The summed E-state index contributed by atoms with van der Waals surface area (Å²) >= 11 is 1.89. The number of rotatable bonds is 8. The minimum absolute atomic E-state index is 0.0815. The number of nitrogens with one attached hydrogen (secondary N) is 2. The van der Waals surface area contributed by atoms with Gasteiger partial charge in [-0.25, -0.2) is 4.79 Å². The molecular weight excluding hydrogens is 272 g/mol. The predicted octanol–water partition coefficient (Wildman–Crippen LogP) is 3.17. The molecule has 0 atom stereocenters. The Balaban J connectivity index is 2.24. The number of alkyl carbamates (subject to hydrolysis) is 1. The molecule has 0 spiro atoms. The van der Waals surface area contributed by atoms with E-state index in [1.165, 1.54) is 25.0 Å². The topological polar surface area (TPSA) is 50.4 Å². The van der Waals surface area contributed by atoms with Gasteiger partial charge in [-0.3, -0.25) is 0 Å². The summed E-state index contributed by atoms with van der Waals surface area (Å²) in [6.45, 7) is 7.56. The van der Waals surface area contributed by atoms with Crippen LogP contribution >= 0.6 is 11.8 Å². The molecule has 1 amide bonds. The fourth-order valence-electron chi connectivity index (χ4n) is 2.29. The SMILES string of the molecule is CSCCCCNCC1(NC(=O)OC(C)(C)C)CCC1. The fourth-order valence-corrected chi connectivity index (χ4v) is 2.79. The summed E-state index contributed by atoms with van der Waals surface area (Å²) in [5.41, 5.74) is -0.512. The van der Waals surface area contributed by atoms with Crippen molar-refractivity contribution in [2.75, 3.05) is 25.1 Å². The Bertz CT molecular complexity index is 299. The minimum atomic E-state index is -0.430. The summed E-state index contributed by atoms with van der Waals surface area (Å²) in [4.78, 5) is 11.9. The number of hydrogen-bond donors (Lipinski definition) is 2. The lowest BCUT2D eigenvalue weighted by atomic mass is 9.76. The average molecular weight is 302 g/mol. The highest BCUT2D eigenvalue weighted by atomic mass is 32.2. The first-order chi connectivity index (χ1) is 9.37. The first kappa shape index (κ1) is 17.6. The standard InChI is InChI=1S/C15H30N2O2S/c1-14(2,3)19-13(18)17-15(8-7-9-15)12-16-10-5-6-11-20-4/h16H,5-12H2,1-4H3,(H,17,18). The summed E-state index contributed by atoms with van der Waals surface area (Å²) in [5, 5.41) is 6.54. The molecule has 1 aliphatic carbocycles. The second-order valence-electron chi connectivity index (χ2n) is 6.64. The molecule has 0 radical (unpaired) electrons. The van der Waals surface area contributed by atoms with Gasteiger partial charge in [0.05, 0.1) is 5.54 Å². The van der Waals surface area contributed by atoms with Gasteiger partial charge in [-0.2, -0.15) is 11.8 Å². The van der Waals surface area contributed by atoms with Gasteiger partial charge in [0, 0.05) is 6.54 Å². The molecule has 0 aromatic carbocycles. The Morgan fingerprint density at radius 1 is 1.30 bits per heavy atom. The summed E-state index contributed by atoms with van der Waals surface area (Å²) in [6, 6.07) is 0. The smallest absolute Gasteiger partial charge is 0.408 e. The Morgan fingerprint density at radius 2 is 2.00 bits per heavy atom. The molecule has 0 aliphatic heterocycles. The van der Waals surface area contributed by atoms with E-state index >= 15 is 0 Å². The number of unbranched alkanes of at least 4 members (excludes halogenated alkanes) is 1. The average Bonchev–Trinajstić information content (AvgIpc) is 2.27. The van der Waals surface area contributed by atoms with Crippen molar-refractivity contribution in [3.05, 3.63) is 0 Å². The van der Waals surface area contributed by atoms with E-state index in [0.29, 0.717) is 0 Å². The second kappa shape index (κ2) is 8.13. The normalized spacial score (nSPS) is 17.4. The van der Waals surface area contributed by atoms with Gasteiger partial charge in [-0.15, -0.1) is 0 Å². The van der Waals surface area contributed by atoms with Crippen molar-refractivity contribution in [2.24, 2.45) is 0 Å². The van der Waals surface area contributed by atoms with Gasteiger partial charge < -0.3 is 15.4 Å². The summed E-state index contributed by atoms with van der Waals surface area (Å²) in [5.74, 6) is 1.23. The lowest BCUT2D eigenvalue weighted by Crippen LogP contribution is -2.59. The largest absolute Gasteiger partial charge is 0.444 e. The van der Waals surface area contributed by atoms with Crippen molar-refractivity contribution < 1.29 is 9.53 Å². The molecule has 0 bridgehead atoms. The number of ether oxygens (including phenoxy) is 1. The lowest BCUT2D eigenvalue weighted by Gasteiger charge is -2.42. The molecule has 0 unspecified atom stereocenters. The van der Waals surface area contributed by atoms with E-state index in [9.17, 15) is 4.79 Å². The molecule has 1 aliphatic rings. The molecular formula is C15H30N2O2S. The van der Waals surface area contributed by atoms with Crippen LogP contribution in [0, 0.1) is 0 Å². The molecule has 20 heavy (non-hydrogen) atoms. The van der Waals surface area contributed by atoms with Gasteiger partial charge >= 0.3 is 6.09 Å². The molecule has 2 N–H and O–H groups in total. The van der Waals surface area contributed by atoms with Crippen molar-refractivity contribution in [1.29, 1.82) is 0 Å². The molecule has 0 aromatic rings. The zero-order chi connectivity index (χ0) is 15.1. The predicted molar refractivity (Wildman–Crippen MR) is 86.4 cm³/mol. The van der Waals surface area contributed by atoms with E-state index < -0.39 is 5.60 Å². The third kappa shape index (κ3) is 6.84. The van der Waals surface area contributed by atoms with E-state index in [2.05, 4.69) is 16.9 Å². The highest BCUT2D eigenvalue weighted by Crippen LogP contribution is 2.31.